The molecule has 0 fully saturated rings. The van der Waals surface area contributed by atoms with Crippen LogP contribution in [0.4, 0.5) is 17.1 Å². The zero-order valence-electron chi connectivity index (χ0n) is 20.3. The number of carbonyl (C=O) groups is 1. The second kappa shape index (κ2) is 12.6. The minimum absolute atomic E-state index is 0.171. The number of aryl methyl sites for hydroxylation is 1. The lowest BCUT2D eigenvalue weighted by atomic mass is 10.1. The van der Waals surface area contributed by atoms with Crippen molar-refractivity contribution in [2.75, 3.05) is 23.1 Å². The lowest BCUT2D eigenvalue weighted by Crippen LogP contribution is -2.20. The average molecular weight is 548 g/mol. The summed E-state index contributed by atoms with van der Waals surface area (Å²) in [7, 11) is 1.55. The van der Waals surface area contributed by atoms with Crippen LogP contribution in [0.3, 0.4) is 0 Å². The van der Waals surface area contributed by atoms with Gasteiger partial charge in [-0.05, 0) is 66.7 Å². The number of ether oxygens (including phenoxy) is 1. The second-order valence-electron chi connectivity index (χ2n) is 8.17. The van der Waals surface area contributed by atoms with Gasteiger partial charge in [0.25, 0.3) is 0 Å². The number of halogens is 1. The molecule has 0 saturated carbocycles. The minimum Gasteiger partial charge on any atom is -0.495 e. The molecule has 1 amide bonds. The van der Waals surface area contributed by atoms with E-state index in [0.29, 0.717) is 21.6 Å². The van der Waals surface area contributed by atoms with Crippen LogP contribution in [-0.4, -0.2) is 18.1 Å². The molecule has 188 valence electrons. The Balaban J connectivity index is 1.54. The third kappa shape index (κ3) is 7.26. The maximum absolute atomic E-state index is 13.6. The van der Waals surface area contributed by atoms with E-state index in [1.807, 2.05) is 97.9 Å². The Hall–Kier alpha value is -3.52. The van der Waals surface area contributed by atoms with E-state index in [2.05, 4.69) is 16.0 Å². The molecule has 1 unspecified atom stereocenters. The van der Waals surface area contributed by atoms with Gasteiger partial charge in [-0.25, -0.2) is 0 Å². The first-order valence-electron chi connectivity index (χ1n) is 11.5. The molecule has 0 aromatic heterocycles. The third-order valence-electron chi connectivity index (χ3n) is 5.46. The third-order valence-corrected chi connectivity index (χ3v) is 7.32. The molecule has 0 bridgehead atoms. The lowest BCUT2D eigenvalue weighted by molar-refractivity contribution is -0.115. The van der Waals surface area contributed by atoms with E-state index in [9.17, 15) is 4.79 Å². The van der Waals surface area contributed by atoms with Crippen molar-refractivity contribution in [3.8, 4) is 5.75 Å². The topological polar surface area (TPSA) is 62.4 Å². The Morgan fingerprint density at radius 1 is 0.865 bits per heavy atom. The number of thioether (sulfide) groups is 1. The molecular formula is C29H26ClN3O2S2. The number of thiocarbonyl (C=S) groups is 1. The summed E-state index contributed by atoms with van der Waals surface area (Å²) in [6, 6.07) is 30.7. The summed E-state index contributed by atoms with van der Waals surface area (Å²) in [5.41, 5.74) is 4.03. The van der Waals surface area contributed by atoms with Gasteiger partial charge in [0.2, 0.25) is 5.91 Å². The van der Waals surface area contributed by atoms with Gasteiger partial charge in [-0.3, -0.25) is 4.79 Å². The molecule has 0 radical (unpaired) electrons. The number of anilines is 3. The summed E-state index contributed by atoms with van der Waals surface area (Å²) in [6.07, 6.45) is 0. The van der Waals surface area contributed by atoms with Crippen molar-refractivity contribution in [2.45, 2.75) is 17.1 Å². The Kier molecular flexibility index (Phi) is 9.06. The molecule has 5 nitrogen and oxygen atoms in total. The van der Waals surface area contributed by atoms with Crippen LogP contribution in [0.5, 0.6) is 5.75 Å². The number of carbonyl (C=O) groups excluding carboxylic acids is 1. The summed E-state index contributed by atoms with van der Waals surface area (Å²) in [6.45, 7) is 1.89. The summed E-state index contributed by atoms with van der Waals surface area (Å²) in [4.78, 5) is 14.5. The zero-order valence-corrected chi connectivity index (χ0v) is 22.7. The van der Waals surface area contributed by atoms with Crippen LogP contribution < -0.4 is 20.7 Å². The molecule has 4 rings (SSSR count). The highest BCUT2D eigenvalue weighted by Gasteiger charge is 2.24. The van der Waals surface area contributed by atoms with Gasteiger partial charge in [0.05, 0.1) is 12.8 Å². The molecule has 0 aliphatic heterocycles. The fraction of sp³-hybridized carbons (Fsp3) is 0.103. The van der Waals surface area contributed by atoms with Crippen molar-refractivity contribution in [3.63, 3.8) is 0 Å². The number of nitrogens with one attached hydrogen (secondary N) is 3. The van der Waals surface area contributed by atoms with E-state index in [1.54, 1.807) is 13.2 Å². The van der Waals surface area contributed by atoms with Gasteiger partial charge in [-0.2, -0.15) is 0 Å². The molecule has 0 spiro atoms. The van der Waals surface area contributed by atoms with Gasteiger partial charge in [0, 0.05) is 27.4 Å². The molecular weight excluding hydrogens is 522 g/mol. The Bertz CT molecular complexity index is 1380. The van der Waals surface area contributed by atoms with Crippen molar-refractivity contribution in [3.05, 3.63) is 113 Å². The van der Waals surface area contributed by atoms with Gasteiger partial charge < -0.3 is 20.7 Å². The number of methoxy groups -OCH3 is 1. The lowest BCUT2D eigenvalue weighted by Gasteiger charge is -2.19. The number of hydrogen-bond acceptors (Lipinski definition) is 4. The van der Waals surface area contributed by atoms with E-state index in [0.717, 1.165) is 27.4 Å². The van der Waals surface area contributed by atoms with Crippen LogP contribution in [0.15, 0.2) is 102 Å². The van der Waals surface area contributed by atoms with Crippen molar-refractivity contribution >= 4 is 63.7 Å². The highest BCUT2D eigenvalue weighted by molar-refractivity contribution is 8.00. The molecule has 4 aromatic carbocycles. The average Bonchev–Trinajstić information content (AvgIpc) is 2.90. The van der Waals surface area contributed by atoms with Gasteiger partial charge >= 0.3 is 0 Å². The molecule has 8 heteroatoms. The van der Waals surface area contributed by atoms with E-state index in [-0.39, 0.29) is 5.91 Å². The zero-order chi connectivity index (χ0) is 26.2. The fourth-order valence-corrected chi connectivity index (χ4v) is 5.10. The van der Waals surface area contributed by atoms with E-state index in [1.165, 1.54) is 11.8 Å². The predicted octanol–water partition coefficient (Wildman–Crippen LogP) is 7.94. The van der Waals surface area contributed by atoms with Crippen LogP contribution in [-0.2, 0) is 4.79 Å². The number of amides is 1. The number of hydrogen-bond donors (Lipinski definition) is 3. The van der Waals surface area contributed by atoms with Gasteiger partial charge in [0.15, 0.2) is 5.11 Å². The SMILES string of the molecule is COc1cc(Cl)c(C)cc1NC(=O)C(Sc1cccc(NC(=S)Nc2ccccc2)c1)c1ccccc1. The first-order chi connectivity index (χ1) is 17.9. The highest BCUT2D eigenvalue weighted by atomic mass is 35.5. The molecule has 0 aliphatic rings. The number of benzene rings is 4. The molecule has 0 saturated heterocycles. The molecule has 1 atom stereocenters. The maximum atomic E-state index is 13.6. The van der Waals surface area contributed by atoms with Crippen molar-refractivity contribution < 1.29 is 9.53 Å². The highest BCUT2D eigenvalue weighted by Crippen LogP contribution is 2.38. The Morgan fingerprint density at radius 2 is 1.51 bits per heavy atom. The van der Waals surface area contributed by atoms with Crippen LogP contribution in [0, 0.1) is 6.92 Å². The van der Waals surface area contributed by atoms with E-state index >= 15 is 0 Å². The molecule has 3 N–H and O–H groups in total. The number of rotatable bonds is 8. The Morgan fingerprint density at radius 3 is 2.22 bits per heavy atom. The first-order valence-corrected chi connectivity index (χ1v) is 13.2. The largest absolute Gasteiger partial charge is 0.495 e. The van der Waals surface area contributed by atoms with Gasteiger partial charge in [-0.1, -0.05) is 66.2 Å². The summed E-state index contributed by atoms with van der Waals surface area (Å²) in [5.74, 6) is 0.335. The monoisotopic (exact) mass is 547 g/mol. The maximum Gasteiger partial charge on any atom is 0.242 e. The van der Waals surface area contributed by atoms with Crippen molar-refractivity contribution in [1.82, 2.24) is 0 Å². The standard InChI is InChI=1S/C29H26ClN3O2S2/c1-19-16-25(26(35-2)18-24(19)30)33-28(34)27(20-10-5-3-6-11-20)37-23-15-9-14-22(17-23)32-29(36)31-21-12-7-4-8-13-21/h3-18,27H,1-2H3,(H,33,34)(H2,31,32,36). The summed E-state index contributed by atoms with van der Waals surface area (Å²) in [5, 5.41) is 9.97. The van der Waals surface area contributed by atoms with Crippen molar-refractivity contribution in [1.29, 1.82) is 0 Å². The summed E-state index contributed by atoms with van der Waals surface area (Å²) >= 11 is 13.2. The predicted molar refractivity (Wildman–Crippen MR) is 159 cm³/mol. The molecule has 4 aromatic rings. The van der Waals surface area contributed by atoms with E-state index < -0.39 is 5.25 Å². The van der Waals surface area contributed by atoms with Crippen LogP contribution in [0.25, 0.3) is 0 Å². The molecule has 0 aliphatic carbocycles. The Labute approximate surface area is 231 Å². The number of para-hydroxylation sites is 1. The van der Waals surface area contributed by atoms with Gasteiger partial charge in [-0.15, -0.1) is 11.8 Å². The summed E-state index contributed by atoms with van der Waals surface area (Å²) < 4.78 is 5.45. The van der Waals surface area contributed by atoms with E-state index in [4.69, 9.17) is 28.6 Å². The van der Waals surface area contributed by atoms with Gasteiger partial charge in [0.1, 0.15) is 11.0 Å². The van der Waals surface area contributed by atoms with Crippen LogP contribution in [0.2, 0.25) is 5.02 Å². The van der Waals surface area contributed by atoms with Crippen LogP contribution in [0.1, 0.15) is 16.4 Å². The molecule has 37 heavy (non-hydrogen) atoms. The van der Waals surface area contributed by atoms with Crippen molar-refractivity contribution in [2.24, 2.45) is 0 Å². The van der Waals surface area contributed by atoms with Crippen LogP contribution >= 0.6 is 35.6 Å². The first kappa shape index (κ1) is 26.5. The smallest absolute Gasteiger partial charge is 0.242 e. The minimum atomic E-state index is -0.508. The second-order valence-corrected chi connectivity index (χ2v) is 10.2. The quantitative estimate of drug-likeness (QED) is 0.154. The fourth-order valence-electron chi connectivity index (χ4n) is 3.63. The molecule has 0 heterocycles. The normalized spacial score (nSPS) is 11.3.